The summed E-state index contributed by atoms with van der Waals surface area (Å²) >= 11 is 7.65. The highest BCUT2D eigenvalue weighted by atomic mass is 35.5. The summed E-state index contributed by atoms with van der Waals surface area (Å²) in [6.45, 7) is 3.57. The maximum absolute atomic E-state index is 12.8. The number of carbonyl (C=O) groups is 2. The van der Waals surface area contributed by atoms with Crippen LogP contribution in [0.4, 0.5) is 5.69 Å². The van der Waals surface area contributed by atoms with E-state index in [0.29, 0.717) is 10.7 Å². The van der Waals surface area contributed by atoms with Crippen LogP contribution in [0.5, 0.6) is 5.75 Å². The van der Waals surface area contributed by atoms with Crippen LogP contribution in [-0.2, 0) is 14.3 Å². The molecule has 2 aromatic rings. The Morgan fingerprint density at radius 1 is 1.25 bits per heavy atom. The standard InChI is InChI=1S/C21H22ClNO4S/c1-12(2)27-19(24)11-18-21(25)23-17-8-7-14(22)10-16(17)20(28-18)13-5-4-6-15(9-13)26-3/h4-10,12,18,20H,11H2,1-3H3,(H,23,25)/t18-,20-/m0/s1. The first-order chi connectivity index (χ1) is 13.4. The van der Waals surface area contributed by atoms with Crippen LogP contribution < -0.4 is 10.1 Å². The molecule has 148 valence electrons. The van der Waals surface area contributed by atoms with Gasteiger partial charge in [-0.2, -0.15) is 0 Å². The third kappa shape index (κ3) is 4.80. The smallest absolute Gasteiger partial charge is 0.307 e. The Morgan fingerprint density at radius 2 is 2.04 bits per heavy atom. The fourth-order valence-electron chi connectivity index (χ4n) is 3.04. The van der Waals surface area contributed by atoms with Crippen molar-refractivity contribution in [3.8, 4) is 5.75 Å². The molecule has 1 heterocycles. The van der Waals surface area contributed by atoms with E-state index in [1.54, 1.807) is 33.1 Å². The summed E-state index contributed by atoms with van der Waals surface area (Å²) in [5, 5.41) is 2.73. The monoisotopic (exact) mass is 419 g/mol. The van der Waals surface area contributed by atoms with Gasteiger partial charge < -0.3 is 14.8 Å². The van der Waals surface area contributed by atoms with Gasteiger partial charge in [-0.15, -0.1) is 11.8 Å². The lowest BCUT2D eigenvalue weighted by atomic mass is 10.0. The number of anilines is 1. The first-order valence-corrected chi connectivity index (χ1v) is 10.3. The average molecular weight is 420 g/mol. The third-order valence-electron chi connectivity index (χ3n) is 4.26. The van der Waals surface area contributed by atoms with E-state index in [1.165, 1.54) is 11.8 Å². The molecule has 0 fully saturated rings. The van der Waals surface area contributed by atoms with Gasteiger partial charge in [-0.1, -0.05) is 23.7 Å². The zero-order valence-electron chi connectivity index (χ0n) is 15.9. The van der Waals surface area contributed by atoms with Gasteiger partial charge >= 0.3 is 5.97 Å². The zero-order valence-corrected chi connectivity index (χ0v) is 17.5. The normalized spacial score (nSPS) is 18.8. The van der Waals surface area contributed by atoms with Crippen molar-refractivity contribution in [1.82, 2.24) is 0 Å². The number of nitrogens with one attached hydrogen (secondary N) is 1. The fourth-order valence-corrected chi connectivity index (χ4v) is 4.61. The maximum Gasteiger partial charge on any atom is 0.307 e. The number of benzene rings is 2. The van der Waals surface area contributed by atoms with E-state index >= 15 is 0 Å². The zero-order chi connectivity index (χ0) is 20.3. The van der Waals surface area contributed by atoms with Gasteiger partial charge in [0.1, 0.15) is 5.75 Å². The number of thioether (sulfide) groups is 1. The number of carbonyl (C=O) groups excluding carboxylic acids is 2. The van der Waals surface area contributed by atoms with Crippen molar-refractivity contribution in [2.24, 2.45) is 0 Å². The van der Waals surface area contributed by atoms with E-state index < -0.39 is 11.2 Å². The van der Waals surface area contributed by atoms with E-state index in [0.717, 1.165) is 16.9 Å². The number of hydrogen-bond acceptors (Lipinski definition) is 5. The molecule has 0 unspecified atom stereocenters. The molecule has 7 heteroatoms. The topological polar surface area (TPSA) is 64.6 Å². The average Bonchev–Trinajstić information content (AvgIpc) is 2.78. The molecule has 0 bridgehead atoms. The summed E-state index contributed by atoms with van der Waals surface area (Å²) in [5.41, 5.74) is 2.54. The Kier molecular flexibility index (Phi) is 6.52. The second-order valence-corrected chi connectivity index (χ2v) is 8.49. The molecule has 5 nitrogen and oxygen atoms in total. The van der Waals surface area contributed by atoms with E-state index in [4.69, 9.17) is 21.1 Å². The molecule has 0 aliphatic carbocycles. The van der Waals surface area contributed by atoms with E-state index in [9.17, 15) is 9.59 Å². The number of halogens is 1. The highest BCUT2D eigenvalue weighted by molar-refractivity contribution is 8.01. The number of methoxy groups -OCH3 is 1. The molecule has 3 rings (SSSR count). The predicted octanol–water partition coefficient (Wildman–Crippen LogP) is 4.83. The van der Waals surface area contributed by atoms with Gasteiger partial charge in [0, 0.05) is 10.7 Å². The van der Waals surface area contributed by atoms with Crippen molar-refractivity contribution in [3.63, 3.8) is 0 Å². The number of hydrogen-bond donors (Lipinski definition) is 1. The molecule has 1 aliphatic heterocycles. The van der Waals surface area contributed by atoms with Crippen LogP contribution in [-0.4, -0.2) is 30.3 Å². The molecule has 1 N–H and O–H groups in total. The van der Waals surface area contributed by atoms with Crippen LogP contribution in [0.15, 0.2) is 42.5 Å². The summed E-state index contributed by atoms with van der Waals surface area (Å²) in [7, 11) is 1.61. The molecular weight excluding hydrogens is 398 g/mol. The molecule has 0 spiro atoms. The lowest BCUT2D eigenvalue weighted by Crippen LogP contribution is -2.28. The van der Waals surface area contributed by atoms with Gasteiger partial charge in [-0.05, 0) is 55.3 Å². The molecule has 0 aromatic heterocycles. The van der Waals surface area contributed by atoms with Crippen molar-refractivity contribution in [2.75, 3.05) is 12.4 Å². The Labute approximate surface area is 173 Å². The Morgan fingerprint density at radius 3 is 2.75 bits per heavy atom. The van der Waals surface area contributed by atoms with E-state index in [-0.39, 0.29) is 23.7 Å². The Bertz CT molecular complexity index is 886. The van der Waals surface area contributed by atoms with Crippen LogP contribution in [0, 0.1) is 0 Å². The third-order valence-corrected chi connectivity index (χ3v) is 6.01. The quantitative estimate of drug-likeness (QED) is 0.703. The van der Waals surface area contributed by atoms with Crippen LogP contribution in [0.25, 0.3) is 0 Å². The summed E-state index contributed by atoms with van der Waals surface area (Å²) in [6.07, 6.45) is -0.229. The predicted molar refractivity (Wildman–Crippen MR) is 112 cm³/mol. The summed E-state index contributed by atoms with van der Waals surface area (Å²) in [5.74, 6) is 0.108. The maximum atomic E-state index is 12.8. The number of esters is 1. The van der Waals surface area contributed by atoms with Gasteiger partial charge in [0.15, 0.2) is 0 Å². The molecular formula is C21H22ClNO4S. The van der Waals surface area contributed by atoms with Crippen molar-refractivity contribution in [1.29, 1.82) is 0 Å². The van der Waals surface area contributed by atoms with Crippen molar-refractivity contribution in [3.05, 3.63) is 58.6 Å². The lowest BCUT2D eigenvalue weighted by molar-refractivity contribution is -0.148. The number of rotatable bonds is 5. The van der Waals surface area contributed by atoms with Gasteiger partial charge in [0.05, 0.1) is 30.1 Å². The SMILES string of the molecule is COc1cccc([C@@H]2S[C@@H](CC(=O)OC(C)C)C(=O)Nc3ccc(Cl)cc32)c1. The molecule has 1 amide bonds. The minimum Gasteiger partial charge on any atom is -0.497 e. The molecule has 1 aliphatic rings. The van der Waals surface area contributed by atoms with Crippen LogP contribution >= 0.6 is 23.4 Å². The number of amides is 1. The largest absolute Gasteiger partial charge is 0.497 e. The lowest BCUT2D eigenvalue weighted by Gasteiger charge is -2.21. The Balaban J connectivity index is 1.99. The molecule has 28 heavy (non-hydrogen) atoms. The highest BCUT2D eigenvalue weighted by Gasteiger charge is 2.33. The number of fused-ring (bicyclic) bond motifs is 1. The molecule has 2 aromatic carbocycles. The summed E-state index contributed by atoms with van der Waals surface area (Å²) < 4.78 is 10.6. The Hall–Kier alpha value is -2.18. The van der Waals surface area contributed by atoms with Crippen LogP contribution in [0.1, 0.15) is 36.6 Å². The van der Waals surface area contributed by atoms with E-state index in [1.807, 2.05) is 30.3 Å². The molecule has 0 radical (unpaired) electrons. The first-order valence-electron chi connectivity index (χ1n) is 8.96. The molecule has 0 saturated carbocycles. The second kappa shape index (κ2) is 8.88. The number of ether oxygens (including phenoxy) is 2. The van der Waals surface area contributed by atoms with Gasteiger partial charge in [0.25, 0.3) is 0 Å². The minimum atomic E-state index is -0.589. The molecule has 2 atom stereocenters. The summed E-state index contributed by atoms with van der Waals surface area (Å²) in [6, 6.07) is 13.1. The minimum absolute atomic E-state index is 0.00311. The van der Waals surface area contributed by atoms with Gasteiger partial charge in [-0.25, -0.2) is 0 Å². The van der Waals surface area contributed by atoms with E-state index in [2.05, 4.69) is 5.32 Å². The van der Waals surface area contributed by atoms with Crippen LogP contribution in [0.3, 0.4) is 0 Å². The summed E-state index contributed by atoms with van der Waals surface area (Å²) in [4.78, 5) is 25.0. The van der Waals surface area contributed by atoms with Crippen LogP contribution in [0.2, 0.25) is 5.02 Å². The van der Waals surface area contributed by atoms with Gasteiger partial charge in [0.2, 0.25) is 5.91 Å². The second-order valence-electron chi connectivity index (χ2n) is 6.74. The van der Waals surface area contributed by atoms with Crippen molar-refractivity contribution in [2.45, 2.75) is 36.9 Å². The van der Waals surface area contributed by atoms with Gasteiger partial charge in [-0.3, -0.25) is 9.59 Å². The molecule has 0 saturated heterocycles. The highest BCUT2D eigenvalue weighted by Crippen LogP contribution is 2.46. The first kappa shape index (κ1) is 20.6. The van der Waals surface area contributed by atoms with Crippen molar-refractivity contribution >= 4 is 40.9 Å². The fraction of sp³-hybridized carbons (Fsp3) is 0.333. The van der Waals surface area contributed by atoms with Crippen molar-refractivity contribution < 1.29 is 19.1 Å².